The quantitative estimate of drug-likeness (QED) is 0.864. The van der Waals surface area contributed by atoms with Crippen LogP contribution in [0.3, 0.4) is 0 Å². The highest BCUT2D eigenvalue weighted by molar-refractivity contribution is 9.10. The number of rotatable bonds is 5. The van der Waals surface area contributed by atoms with Gasteiger partial charge in [-0.05, 0) is 28.4 Å². The molecule has 0 saturated carbocycles. The minimum absolute atomic E-state index is 0.298. The Balaban J connectivity index is 2.74. The molecule has 1 aromatic rings. The number of hydrogen-bond acceptors (Lipinski definition) is 3. The molecule has 0 fully saturated rings. The zero-order valence-electron chi connectivity index (χ0n) is 8.74. The lowest BCUT2D eigenvalue weighted by Gasteiger charge is -2.14. The number of para-hydroxylation sites is 1. The topological polar surface area (TPSA) is 55.5 Å². The molecule has 0 aromatic heterocycles. The molecule has 3 nitrogen and oxygen atoms in total. The van der Waals surface area contributed by atoms with E-state index in [0.717, 1.165) is 15.8 Å². The first kappa shape index (κ1) is 12.5. The van der Waals surface area contributed by atoms with E-state index in [1.54, 1.807) is 0 Å². The summed E-state index contributed by atoms with van der Waals surface area (Å²) in [5, 5.41) is 9.40. The molecule has 1 aromatic carbocycles. The Morgan fingerprint density at radius 1 is 1.53 bits per heavy atom. The SMILES string of the molecule is CCC(O)COc1c(Br)cccc1CN. The molecule has 0 bridgehead atoms. The maximum atomic E-state index is 9.40. The molecule has 1 atom stereocenters. The van der Waals surface area contributed by atoms with Crippen molar-refractivity contribution in [2.45, 2.75) is 26.0 Å². The van der Waals surface area contributed by atoms with Gasteiger partial charge in [0.1, 0.15) is 12.4 Å². The van der Waals surface area contributed by atoms with Gasteiger partial charge in [0.25, 0.3) is 0 Å². The van der Waals surface area contributed by atoms with Crippen molar-refractivity contribution >= 4 is 15.9 Å². The van der Waals surface area contributed by atoms with Crippen molar-refractivity contribution in [2.75, 3.05) is 6.61 Å². The highest BCUT2D eigenvalue weighted by Crippen LogP contribution is 2.28. The fourth-order valence-electron chi connectivity index (χ4n) is 1.17. The predicted molar refractivity (Wildman–Crippen MR) is 63.8 cm³/mol. The van der Waals surface area contributed by atoms with Crippen molar-refractivity contribution in [3.8, 4) is 5.75 Å². The molecular formula is C11H16BrNO2. The minimum atomic E-state index is -0.428. The van der Waals surface area contributed by atoms with Crippen LogP contribution in [-0.2, 0) is 6.54 Å². The fourth-order valence-corrected chi connectivity index (χ4v) is 1.69. The minimum Gasteiger partial charge on any atom is -0.489 e. The number of nitrogens with two attached hydrogens (primary N) is 1. The van der Waals surface area contributed by atoms with E-state index in [1.165, 1.54) is 0 Å². The molecule has 0 heterocycles. The first-order valence-corrected chi connectivity index (χ1v) is 5.76. The third kappa shape index (κ3) is 3.48. The summed E-state index contributed by atoms with van der Waals surface area (Å²) in [5.41, 5.74) is 6.53. The van der Waals surface area contributed by atoms with Crippen molar-refractivity contribution < 1.29 is 9.84 Å². The highest BCUT2D eigenvalue weighted by Gasteiger charge is 2.08. The number of halogens is 1. The van der Waals surface area contributed by atoms with E-state index in [-0.39, 0.29) is 0 Å². The second-order valence-corrected chi connectivity index (χ2v) is 4.16. The second kappa shape index (κ2) is 6.10. The Morgan fingerprint density at radius 2 is 2.27 bits per heavy atom. The molecule has 84 valence electrons. The summed E-state index contributed by atoms with van der Waals surface area (Å²) in [4.78, 5) is 0. The summed E-state index contributed by atoms with van der Waals surface area (Å²) >= 11 is 3.40. The Bertz CT molecular complexity index is 317. The largest absolute Gasteiger partial charge is 0.489 e. The maximum Gasteiger partial charge on any atom is 0.138 e. The van der Waals surface area contributed by atoms with Gasteiger partial charge in [-0.15, -0.1) is 0 Å². The first-order valence-electron chi connectivity index (χ1n) is 4.97. The molecule has 0 aliphatic rings. The Hall–Kier alpha value is -0.580. The van der Waals surface area contributed by atoms with Crippen LogP contribution in [0.25, 0.3) is 0 Å². The van der Waals surface area contributed by atoms with Crippen LogP contribution in [0.15, 0.2) is 22.7 Å². The van der Waals surface area contributed by atoms with Crippen LogP contribution in [0.4, 0.5) is 0 Å². The lowest BCUT2D eigenvalue weighted by Crippen LogP contribution is -2.17. The lowest BCUT2D eigenvalue weighted by atomic mass is 10.2. The van der Waals surface area contributed by atoms with Crippen molar-refractivity contribution in [2.24, 2.45) is 5.73 Å². The number of benzene rings is 1. The van der Waals surface area contributed by atoms with E-state index in [0.29, 0.717) is 19.6 Å². The van der Waals surface area contributed by atoms with Crippen LogP contribution in [0.5, 0.6) is 5.75 Å². The van der Waals surface area contributed by atoms with Gasteiger partial charge in [0.15, 0.2) is 0 Å². The molecule has 0 saturated heterocycles. The second-order valence-electron chi connectivity index (χ2n) is 3.31. The number of aliphatic hydroxyl groups excluding tert-OH is 1. The average molecular weight is 274 g/mol. The van der Waals surface area contributed by atoms with Gasteiger partial charge in [-0.25, -0.2) is 0 Å². The summed E-state index contributed by atoms with van der Waals surface area (Å²) in [6.07, 6.45) is 0.255. The Morgan fingerprint density at radius 3 is 2.87 bits per heavy atom. The van der Waals surface area contributed by atoms with E-state index < -0.39 is 6.10 Å². The Kier molecular flexibility index (Phi) is 5.08. The van der Waals surface area contributed by atoms with Gasteiger partial charge >= 0.3 is 0 Å². The zero-order chi connectivity index (χ0) is 11.3. The van der Waals surface area contributed by atoms with Gasteiger partial charge in [-0.3, -0.25) is 0 Å². The van der Waals surface area contributed by atoms with Crippen LogP contribution in [0.2, 0.25) is 0 Å². The van der Waals surface area contributed by atoms with Crippen molar-refractivity contribution in [3.63, 3.8) is 0 Å². The zero-order valence-corrected chi connectivity index (χ0v) is 10.3. The molecule has 0 aliphatic heterocycles. The van der Waals surface area contributed by atoms with Crippen LogP contribution in [-0.4, -0.2) is 17.8 Å². The van der Waals surface area contributed by atoms with Crippen LogP contribution in [0.1, 0.15) is 18.9 Å². The molecule has 15 heavy (non-hydrogen) atoms. The third-order valence-electron chi connectivity index (χ3n) is 2.16. The van der Waals surface area contributed by atoms with Gasteiger partial charge in [0.05, 0.1) is 10.6 Å². The smallest absolute Gasteiger partial charge is 0.138 e. The summed E-state index contributed by atoms with van der Waals surface area (Å²) < 4.78 is 6.40. The van der Waals surface area contributed by atoms with Gasteiger partial charge in [-0.1, -0.05) is 19.1 Å². The van der Waals surface area contributed by atoms with E-state index in [2.05, 4.69) is 15.9 Å². The molecule has 0 spiro atoms. The van der Waals surface area contributed by atoms with Crippen molar-refractivity contribution in [1.29, 1.82) is 0 Å². The lowest BCUT2D eigenvalue weighted by molar-refractivity contribution is 0.103. The third-order valence-corrected chi connectivity index (χ3v) is 2.78. The number of hydrogen-bond donors (Lipinski definition) is 2. The van der Waals surface area contributed by atoms with Gasteiger partial charge < -0.3 is 15.6 Å². The van der Waals surface area contributed by atoms with Crippen LogP contribution in [0, 0.1) is 0 Å². The molecule has 1 rings (SSSR count). The standard InChI is InChI=1S/C11H16BrNO2/c1-2-9(14)7-15-11-8(6-13)4-3-5-10(11)12/h3-5,9,14H,2,6-7,13H2,1H3. The summed E-state index contributed by atoms with van der Waals surface area (Å²) in [6, 6.07) is 5.72. The average Bonchev–Trinajstić information content (AvgIpc) is 2.26. The summed E-state index contributed by atoms with van der Waals surface area (Å²) in [7, 11) is 0. The number of ether oxygens (including phenoxy) is 1. The molecular weight excluding hydrogens is 258 g/mol. The van der Waals surface area contributed by atoms with E-state index in [1.807, 2.05) is 25.1 Å². The van der Waals surface area contributed by atoms with Crippen molar-refractivity contribution in [3.05, 3.63) is 28.2 Å². The summed E-state index contributed by atoms with van der Waals surface area (Å²) in [5.74, 6) is 0.729. The normalized spacial score (nSPS) is 12.5. The number of aliphatic hydroxyl groups is 1. The van der Waals surface area contributed by atoms with Crippen LogP contribution >= 0.6 is 15.9 Å². The maximum absolute atomic E-state index is 9.40. The van der Waals surface area contributed by atoms with Crippen LogP contribution < -0.4 is 10.5 Å². The molecule has 3 N–H and O–H groups in total. The fraction of sp³-hybridized carbons (Fsp3) is 0.455. The van der Waals surface area contributed by atoms with E-state index >= 15 is 0 Å². The predicted octanol–water partition coefficient (Wildman–Crippen LogP) is 2.06. The van der Waals surface area contributed by atoms with Crippen molar-refractivity contribution in [1.82, 2.24) is 0 Å². The van der Waals surface area contributed by atoms with Gasteiger partial charge in [0, 0.05) is 12.1 Å². The molecule has 0 aliphatic carbocycles. The summed E-state index contributed by atoms with van der Waals surface area (Å²) in [6.45, 7) is 2.64. The first-order chi connectivity index (χ1) is 7.19. The molecule has 1 unspecified atom stereocenters. The van der Waals surface area contributed by atoms with Gasteiger partial charge in [-0.2, -0.15) is 0 Å². The molecule has 0 amide bonds. The molecule has 4 heteroatoms. The Labute approximate surface area is 98.4 Å². The monoisotopic (exact) mass is 273 g/mol. The van der Waals surface area contributed by atoms with E-state index in [9.17, 15) is 5.11 Å². The highest BCUT2D eigenvalue weighted by atomic mass is 79.9. The molecule has 0 radical (unpaired) electrons. The van der Waals surface area contributed by atoms with Gasteiger partial charge in [0.2, 0.25) is 0 Å². The van der Waals surface area contributed by atoms with E-state index in [4.69, 9.17) is 10.5 Å².